The summed E-state index contributed by atoms with van der Waals surface area (Å²) in [5.41, 5.74) is 1.99. The van der Waals surface area contributed by atoms with Crippen LogP contribution in [0.1, 0.15) is 11.1 Å². The molecule has 0 radical (unpaired) electrons. The molecular weight excluding hydrogens is 385 g/mol. The third-order valence-corrected chi connectivity index (χ3v) is 5.07. The van der Waals surface area contributed by atoms with E-state index in [1.165, 1.54) is 6.33 Å². The summed E-state index contributed by atoms with van der Waals surface area (Å²) in [5.74, 6) is 0. The highest BCUT2D eigenvalue weighted by Gasteiger charge is 2.31. The molecule has 2 aromatic carbocycles. The molecule has 124 valence electrons. The highest BCUT2D eigenvalue weighted by Crippen LogP contribution is 2.39. The molecule has 3 rings (SSSR count). The van der Waals surface area contributed by atoms with Crippen LogP contribution < -0.4 is 0 Å². The lowest BCUT2D eigenvalue weighted by Crippen LogP contribution is -2.29. The second-order valence-corrected chi connectivity index (χ2v) is 7.69. The molecule has 0 saturated heterocycles. The van der Waals surface area contributed by atoms with Crippen molar-refractivity contribution in [1.29, 1.82) is 0 Å². The van der Waals surface area contributed by atoms with Crippen molar-refractivity contribution in [3.8, 4) is 0 Å². The minimum atomic E-state index is -0.580. The van der Waals surface area contributed by atoms with E-state index in [-0.39, 0.29) is 0 Å². The monoisotopic (exact) mass is 397 g/mol. The minimum Gasteiger partial charge on any atom is -0.251 e. The quantitative estimate of drug-likeness (QED) is 0.591. The van der Waals surface area contributed by atoms with Gasteiger partial charge in [0.15, 0.2) is 0 Å². The van der Waals surface area contributed by atoms with Gasteiger partial charge in [0.1, 0.15) is 12.7 Å². The topological polar surface area (TPSA) is 30.7 Å². The second-order valence-electron chi connectivity index (χ2n) is 5.55. The molecule has 3 nitrogen and oxygen atoms in total. The van der Waals surface area contributed by atoms with Gasteiger partial charge in [-0.1, -0.05) is 53.0 Å². The van der Waals surface area contributed by atoms with Crippen LogP contribution in [-0.2, 0) is 17.7 Å². The Morgan fingerprint density at radius 3 is 2.33 bits per heavy atom. The maximum atomic E-state index is 6.45. The fraction of sp³-hybridized carbons (Fsp3) is 0.176. The lowest BCUT2D eigenvalue weighted by molar-refractivity contribution is 0.475. The number of aromatic nitrogens is 3. The van der Waals surface area contributed by atoms with Crippen molar-refractivity contribution < 1.29 is 0 Å². The Morgan fingerprint density at radius 2 is 1.71 bits per heavy atom. The molecule has 0 fully saturated rings. The normalized spacial score (nSPS) is 13.7. The Balaban J connectivity index is 2.00. The molecule has 0 aliphatic rings. The zero-order valence-corrected chi connectivity index (χ0v) is 15.7. The summed E-state index contributed by atoms with van der Waals surface area (Å²) in [6.45, 7) is 0.514. The molecule has 3 aromatic rings. The van der Waals surface area contributed by atoms with Crippen LogP contribution in [0.5, 0.6) is 0 Å². The van der Waals surface area contributed by atoms with Crippen molar-refractivity contribution in [2.75, 3.05) is 0 Å². The predicted octanol–water partition coefficient (Wildman–Crippen LogP) is 5.31. The van der Waals surface area contributed by atoms with Gasteiger partial charge in [-0.25, -0.2) is 4.98 Å². The summed E-state index contributed by atoms with van der Waals surface area (Å²) in [6, 6.07) is 13.2. The molecular formula is C17H14Cl3N3S. The molecule has 0 saturated carbocycles. The van der Waals surface area contributed by atoms with E-state index < -0.39 is 4.75 Å². The molecule has 0 N–H and O–H groups in total. The summed E-state index contributed by atoms with van der Waals surface area (Å²) in [4.78, 5) is 4.00. The van der Waals surface area contributed by atoms with Gasteiger partial charge in [-0.3, -0.25) is 4.68 Å². The van der Waals surface area contributed by atoms with Crippen molar-refractivity contribution in [1.82, 2.24) is 14.8 Å². The van der Waals surface area contributed by atoms with Crippen molar-refractivity contribution in [3.63, 3.8) is 0 Å². The third kappa shape index (κ3) is 4.06. The van der Waals surface area contributed by atoms with E-state index >= 15 is 0 Å². The molecule has 24 heavy (non-hydrogen) atoms. The number of hydrogen-bond acceptors (Lipinski definition) is 3. The molecule has 0 aliphatic heterocycles. The van der Waals surface area contributed by atoms with Crippen LogP contribution in [0.15, 0.2) is 55.1 Å². The SMILES string of the molecule is SC(Cc1ccc(Cl)cc1)(Cn1cncn1)c1ccc(Cl)cc1Cl. The van der Waals surface area contributed by atoms with E-state index in [1.807, 2.05) is 36.4 Å². The van der Waals surface area contributed by atoms with Gasteiger partial charge >= 0.3 is 0 Å². The summed E-state index contributed by atoms with van der Waals surface area (Å²) in [6.07, 6.45) is 3.81. The van der Waals surface area contributed by atoms with E-state index in [2.05, 4.69) is 10.1 Å². The first-order chi connectivity index (χ1) is 11.5. The number of benzene rings is 2. The lowest BCUT2D eigenvalue weighted by atomic mass is 9.90. The Bertz CT molecular complexity index is 822. The molecule has 0 spiro atoms. The molecule has 1 unspecified atom stereocenters. The van der Waals surface area contributed by atoms with Gasteiger partial charge in [0.25, 0.3) is 0 Å². The van der Waals surface area contributed by atoms with Gasteiger partial charge in [0.05, 0.1) is 11.3 Å². The van der Waals surface area contributed by atoms with Crippen molar-refractivity contribution in [2.45, 2.75) is 17.7 Å². The molecule has 0 bridgehead atoms. The maximum Gasteiger partial charge on any atom is 0.137 e. The van der Waals surface area contributed by atoms with Crippen LogP contribution >= 0.6 is 47.4 Å². The number of halogens is 3. The first-order valence-electron chi connectivity index (χ1n) is 7.21. The smallest absolute Gasteiger partial charge is 0.137 e. The zero-order chi connectivity index (χ0) is 17.2. The average molecular weight is 399 g/mol. The van der Waals surface area contributed by atoms with Crippen LogP contribution in [0.25, 0.3) is 0 Å². The van der Waals surface area contributed by atoms with Crippen LogP contribution in [0.2, 0.25) is 15.1 Å². The fourth-order valence-corrected chi connectivity index (χ4v) is 3.93. The fourth-order valence-electron chi connectivity index (χ4n) is 2.63. The van der Waals surface area contributed by atoms with Crippen LogP contribution in [0.3, 0.4) is 0 Å². The van der Waals surface area contributed by atoms with Crippen LogP contribution in [-0.4, -0.2) is 14.8 Å². The molecule has 1 aromatic heterocycles. The molecule has 0 aliphatic carbocycles. The summed E-state index contributed by atoms with van der Waals surface area (Å²) >= 11 is 23.4. The van der Waals surface area contributed by atoms with E-state index in [0.717, 1.165) is 11.1 Å². The van der Waals surface area contributed by atoms with Gasteiger partial charge in [-0.05, 0) is 41.8 Å². The second kappa shape index (κ2) is 7.36. The Labute approximate surface area is 161 Å². The molecule has 1 heterocycles. The minimum absolute atomic E-state index is 0.514. The van der Waals surface area contributed by atoms with E-state index in [9.17, 15) is 0 Å². The Hall–Kier alpha value is -1.20. The number of hydrogen-bond donors (Lipinski definition) is 1. The van der Waals surface area contributed by atoms with Gasteiger partial charge in [-0.2, -0.15) is 17.7 Å². The van der Waals surface area contributed by atoms with Crippen LogP contribution in [0.4, 0.5) is 0 Å². The molecule has 0 amide bonds. The van der Waals surface area contributed by atoms with E-state index in [4.69, 9.17) is 47.4 Å². The Morgan fingerprint density at radius 1 is 1.00 bits per heavy atom. The van der Waals surface area contributed by atoms with Gasteiger partial charge in [-0.15, -0.1) is 0 Å². The highest BCUT2D eigenvalue weighted by atomic mass is 35.5. The zero-order valence-electron chi connectivity index (χ0n) is 12.5. The Kier molecular flexibility index (Phi) is 5.40. The maximum absolute atomic E-state index is 6.45. The summed E-state index contributed by atoms with van der Waals surface area (Å²) in [5, 5.41) is 6.06. The third-order valence-electron chi connectivity index (χ3n) is 3.73. The van der Waals surface area contributed by atoms with Gasteiger partial charge < -0.3 is 0 Å². The summed E-state index contributed by atoms with van der Waals surface area (Å²) < 4.78 is 1.16. The van der Waals surface area contributed by atoms with Crippen molar-refractivity contribution in [3.05, 3.63) is 81.3 Å². The van der Waals surface area contributed by atoms with Gasteiger partial charge in [0.2, 0.25) is 0 Å². The number of nitrogens with zero attached hydrogens (tertiary/aromatic N) is 3. The number of rotatable bonds is 5. The highest BCUT2D eigenvalue weighted by molar-refractivity contribution is 7.81. The summed E-state index contributed by atoms with van der Waals surface area (Å²) in [7, 11) is 0. The van der Waals surface area contributed by atoms with Crippen LogP contribution in [0, 0.1) is 0 Å². The molecule has 1 atom stereocenters. The van der Waals surface area contributed by atoms with E-state index in [1.54, 1.807) is 17.1 Å². The van der Waals surface area contributed by atoms with Crippen molar-refractivity contribution in [2.24, 2.45) is 0 Å². The number of thiol groups is 1. The standard InChI is InChI=1S/C17H14Cl3N3S/c18-13-3-1-12(2-4-13)8-17(24,9-23-11-21-10-22-23)15-6-5-14(19)7-16(15)20/h1-7,10-11,24H,8-9H2. The predicted molar refractivity (Wildman–Crippen MR) is 102 cm³/mol. The first-order valence-corrected chi connectivity index (χ1v) is 8.79. The first kappa shape index (κ1) is 17.6. The van der Waals surface area contributed by atoms with Crippen molar-refractivity contribution >= 4 is 47.4 Å². The lowest BCUT2D eigenvalue weighted by Gasteiger charge is -2.30. The average Bonchev–Trinajstić information content (AvgIpc) is 3.02. The van der Waals surface area contributed by atoms with E-state index in [0.29, 0.717) is 28.0 Å². The largest absolute Gasteiger partial charge is 0.251 e. The molecule has 7 heteroatoms. The van der Waals surface area contributed by atoms with Gasteiger partial charge in [0, 0.05) is 15.1 Å².